The number of piperidine rings is 1. The SMILES string of the molecule is O=C1CNC2CC12. The number of ketones is 1. The first-order chi connectivity index (χ1) is 3.38. The van der Waals surface area contributed by atoms with E-state index in [1.165, 1.54) is 0 Å². The molecule has 2 atom stereocenters. The molecule has 2 fully saturated rings. The van der Waals surface area contributed by atoms with Gasteiger partial charge < -0.3 is 5.32 Å². The summed E-state index contributed by atoms with van der Waals surface area (Å²) >= 11 is 0. The second-order valence-corrected chi connectivity index (χ2v) is 2.30. The fourth-order valence-corrected chi connectivity index (χ4v) is 1.14. The molecule has 1 saturated carbocycles. The minimum absolute atomic E-state index is 0.421. The molecule has 0 bridgehead atoms. The summed E-state index contributed by atoms with van der Waals surface area (Å²) in [6.07, 6.45) is 1.11. The molecule has 2 heteroatoms. The van der Waals surface area contributed by atoms with Gasteiger partial charge in [0, 0.05) is 12.0 Å². The Labute approximate surface area is 41.9 Å². The maximum Gasteiger partial charge on any atom is 0.151 e. The lowest BCUT2D eigenvalue weighted by molar-refractivity contribution is -0.118. The van der Waals surface area contributed by atoms with Gasteiger partial charge in [-0.25, -0.2) is 0 Å². The van der Waals surface area contributed by atoms with E-state index in [9.17, 15) is 4.79 Å². The van der Waals surface area contributed by atoms with Gasteiger partial charge in [0.25, 0.3) is 0 Å². The lowest BCUT2D eigenvalue weighted by atomic mass is 10.3. The molecule has 1 aliphatic carbocycles. The van der Waals surface area contributed by atoms with Crippen LogP contribution < -0.4 is 5.32 Å². The number of carbonyl (C=O) groups is 1. The standard InChI is InChI=1S/C5H7NO/c7-5-2-6-4-1-3(4)5/h3-4,6H,1-2H2. The Morgan fingerprint density at radius 1 is 1.71 bits per heavy atom. The van der Waals surface area contributed by atoms with E-state index in [-0.39, 0.29) is 0 Å². The Morgan fingerprint density at radius 2 is 2.57 bits per heavy atom. The molecule has 0 radical (unpaired) electrons. The van der Waals surface area contributed by atoms with E-state index in [2.05, 4.69) is 5.32 Å². The molecule has 1 saturated heterocycles. The third-order valence-corrected chi connectivity index (χ3v) is 1.74. The molecule has 0 aromatic rings. The van der Waals surface area contributed by atoms with Crippen LogP contribution in [0.1, 0.15) is 6.42 Å². The summed E-state index contributed by atoms with van der Waals surface area (Å²) < 4.78 is 0. The highest BCUT2D eigenvalue weighted by atomic mass is 16.1. The van der Waals surface area contributed by atoms with Gasteiger partial charge in [-0.05, 0) is 6.42 Å². The van der Waals surface area contributed by atoms with Gasteiger partial charge in [-0.2, -0.15) is 0 Å². The Bertz CT molecular complexity index is 121. The van der Waals surface area contributed by atoms with Gasteiger partial charge in [0.1, 0.15) is 0 Å². The summed E-state index contributed by atoms with van der Waals surface area (Å²) in [5.41, 5.74) is 0. The van der Waals surface area contributed by atoms with Crippen molar-refractivity contribution in [2.45, 2.75) is 12.5 Å². The Morgan fingerprint density at radius 3 is 2.71 bits per heavy atom. The van der Waals surface area contributed by atoms with Crippen molar-refractivity contribution in [3.63, 3.8) is 0 Å². The number of carbonyl (C=O) groups excluding carboxylic acids is 1. The Kier molecular flexibility index (Phi) is 0.460. The van der Waals surface area contributed by atoms with Crippen LogP contribution in [0.4, 0.5) is 0 Å². The lowest BCUT2D eigenvalue weighted by Crippen LogP contribution is -2.14. The summed E-state index contributed by atoms with van der Waals surface area (Å²) in [5, 5.41) is 3.09. The number of nitrogens with one attached hydrogen (secondary N) is 1. The normalized spacial score (nSPS) is 46.6. The van der Waals surface area contributed by atoms with Gasteiger partial charge in [0.15, 0.2) is 5.78 Å². The predicted octanol–water partition coefficient (Wildman–Crippen LogP) is -0.453. The van der Waals surface area contributed by atoms with E-state index < -0.39 is 0 Å². The van der Waals surface area contributed by atoms with Crippen LogP contribution in [-0.4, -0.2) is 18.4 Å². The van der Waals surface area contributed by atoms with E-state index in [0.717, 1.165) is 6.42 Å². The molecule has 0 spiro atoms. The fourth-order valence-electron chi connectivity index (χ4n) is 1.14. The third kappa shape index (κ3) is 0.347. The molecule has 7 heavy (non-hydrogen) atoms. The molecular formula is C5H7NO. The van der Waals surface area contributed by atoms with Crippen LogP contribution in [0, 0.1) is 5.92 Å². The van der Waals surface area contributed by atoms with E-state index in [1.807, 2.05) is 0 Å². The van der Waals surface area contributed by atoms with Gasteiger partial charge in [0.05, 0.1) is 6.54 Å². The van der Waals surface area contributed by atoms with Crippen molar-refractivity contribution in [2.24, 2.45) is 5.92 Å². The van der Waals surface area contributed by atoms with Crippen molar-refractivity contribution in [2.75, 3.05) is 6.54 Å². The van der Waals surface area contributed by atoms with Crippen LogP contribution in [0.3, 0.4) is 0 Å². The first-order valence-electron chi connectivity index (χ1n) is 2.64. The fraction of sp³-hybridized carbons (Fsp3) is 0.800. The van der Waals surface area contributed by atoms with Crippen molar-refractivity contribution < 1.29 is 4.79 Å². The molecule has 0 amide bonds. The number of fused-ring (bicyclic) bond motifs is 1. The van der Waals surface area contributed by atoms with Gasteiger partial charge in [0.2, 0.25) is 0 Å². The summed E-state index contributed by atoms with van der Waals surface area (Å²) in [4.78, 5) is 10.6. The molecule has 2 unspecified atom stereocenters. The van der Waals surface area contributed by atoms with Crippen LogP contribution in [0.2, 0.25) is 0 Å². The molecule has 2 nitrogen and oxygen atoms in total. The minimum atomic E-state index is 0.421. The van der Waals surface area contributed by atoms with Crippen molar-refractivity contribution in [1.82, 2.24) is 5.32 Å². The van der Waals surface area contributed by atoms with Crippen LogP contribution in [0.5, 0.6) is 0 Å². The Balaban J connectivity index is 2.21. The topological polar surface area (TPSA) is 29.1 Å². The van der Waals surface area contributed by atoms with Crippen molar-refractivity contribution in [3.8, 4) is 0 Å². The van der Waals surface area contributed by atoms with Crippen LogP contribution in [-0.2, 0) is 4.79 Å². The molecule has 1 aliphatic heterocycles. The zero-order valence-corrected chi connectivity index (χ0v) is 3.98. The number of hydrogen-bond acceptors (Lipinski definition) is 2. The summed E-state index contributed by atoms with van der Waals surface area (Å²) in [5.74, 6) is 0.852. The summed E-state index contributed by atoms with van der Waals surface area (Å²) in [6.45, 7) is 0.634. The minimum Gasteiger partial charge on any atom is -0.306 e. The maximum atomic E-state index is 10.6. The highest BCUT2D eigenvalue weighted by molar-refractivity contribution is 5.89. The first-order valence-corrected chi connectivity index (χ1v) is 2.64. The molecule has 2 aliphatic rings. The zero-order chi connectivity index (χ0) is 4.85. The van der Waals surface area contributed by atoms with Gasteiger partial charge in [-0.1, -0.05) is 0 Å². The largest absolute Gasteiger partial charge is 0.306 e. The van der Waals surface area contributed by atoms with Crippen molar-refractivity contribution >= 4 is 5.78 Å². The second-order valence-electron chi connectivity index (χ2n) is 2.30. The van der Waals surface area contributed by atoms with Gasteiger partial charge in [-0.15, -0.1) is 0 Å². The van der Waals surface area contributed by atoms with E-state index in [0.29, 0.717) is 24.3 Å². The van der Waals surface area contributed by atoms with Crippen molar-refractivity contribution in [1.29, 1.82) is 0 Å². The van der Waals surface area contributed by atoms with Crippen LogP contribution in [0.25, 0.3) is 0 Å². The van der Waals surface area contributed by atoms with Crippen LogP contribution >= 0.6 is 0 Å². The maximum absolute atomic E-state index is 10.6. The average Bonchev–Trinajstić information content (AvgIpc) is 2.33. The summed E-state index contributed by atoms with van der Waals surface area (Å²) in [7, 11) is 0. The monoisotopic (exact) mass is 97.1 g/mol. The smallest absolute Gasteiger partial charge is 0.151 e. The molecular weight excluding hydrogens is 90.1 g/mol. The van der Waals surface area contributed by atoms with E-state index in [1.54, 1.807) is 0 Å². The number of Topliss-reactive ketones (excluding diaryl/α,β-unsaturated/α-hetero) is 1. The molecule has 1 heterocycles. The number of rotatable bonds is 0. The quantitative estimate of drug-likeness (QED) is 0.443. The molecule has 38 valence electrons. The van der Waals surface area contributed by atoms with Gasteiger partial charge >= 0.3 is 0 Å². The summed E-state index contributed by atoms with van der Waals surface area (Å²) in [6, 6.07) is 0.590. The lowest BCUT2D eigenvalue weighted by Gasteiger charge is -1.85. The highest BCUT2D eigenvalue weighted by Crippen LogP contribution is 2.34. The predicted molar refractivity (Wildman–Crippen MR) is 24.9 cm³/mol. The van der Waals surface area contributed by atoms with Gasteiger partial charge in [-0.3, -0.25) is 4.79 Å². The average molecular weight is 97.1 g/mol. The number of hydrogen-bond donors (Lipinski definition) is 1. The molecule has 1 N–H and O–H groups in total. The highest BCUT2D eigenvalue weighted by Gasteiger charge is 2.47. The zero-order valence-electron chi connectivity index (χ0n) is 3.98. The first kappa shape index (κ1) is 3.61. The molecule has 0 aromatic heterocycles. The van der Waals surface area contributed by atoms with E-state index >= 15 is 0 Å². The van der Waals surface area contributed by atoms with E-state index in [4.69, 9.17) is 0 Å². The Hall–Kier alpha value is -0.370. The third-order valence-electron chi connectivity index (χ3n) is 1.74. The molecule has 2 rings (SSSR count). The molecule has 0 aromatic carbocycles. The van der Waals surface area contributed by atoms with Crippen LogP contribution in [0.15, 0.2) is 0 Å². The van der Waals surface area contributed by atoms with Crippen molar-refractivity contribution in [3.05, 3.63) is 0 Å². The second kappa shape index (κ2) is 0.892.